The fourth-order valence-electron chi connectivity index (χ4n) is 3.36. The van der Waals surface area contributed by atoms with E-state index in [2.05, 4.69) is 9.97 Å². The van der Waals surface area contributed by atoms with Gasteiger partial charge in [-0.3, -0.25) is 0 Å². The highest BCUT2D eigenvalue weighted by Gasteiger charge is 2.31. The van der Waals surface area contributed by atoms with E-state index >= 15 is 0 Å². The van der Waals surface area contributed by atoms with Crippen LogP contribution in [0.5, 0.6) is 0 Å². The first-order valence-corrected chi connectivity index (χ1v) is 9.78. The van der Waals surface area contributed by atoms with Gasteiger partial charge in [0, 0.05) is 25.1 Å². The molecule has 0 saturated carbocycles. The van der Waals surface area contributed by atoms with Crippen molar-refractivity contribution in [3.05, 3.63) is 59.9 Å². The minimum Gasteiger partial charge on any atom is -0.342 e. The Hall–Kier alpha value is -2.32. The lowest BCUT2D eigenvalue weighted by Crippen LogP contribution is -2.38. The average Bonchev–Trinajstić information content (AvgIpc) is 3.05. The van der Waals surface area contributed by atoms with Crippen molar-refractivity contribution in [1.29, 1.82) is 0 Å². The molecule has 2 heterocycles. The molecule has 1 aromatic heterocycles. The summed E-state index contributed by atoms with van der Waals surface area (Å²) in [5.41, 5.74) is 1.83. The normalized spacial score (nSPS) is 17.0. The standard InChI is InChI=1S/C18H17F2N3O2S/c19-13-9-14(20)11-15(10-13)26(24,25)23-7-5-12(6-8-23)18-21-16-3-1-2-4-17(16)22-18/h1-4,9-12H,5-8H2,(H,21,22). The van der Waals surface area contributed by atoms with E-state index in [1.54, 1.807) is 0 Å². The van der Waals surface area contributed by atoms with Gasteiger partial charge in [0.25, 0.3) is 0 Å². The summed E-state index contributed by atoms with van der Waals surface area (Å²) in [4.78, 5) is 7.52. The van der Waals surface area contributed by atoms with Gasteiger partial charge in [0.05, 0.1) is 15.9 Å². The molecule has 0 amide bonds. The second-order valence-electron chi connectivity index (χ2n) is 6.42. The van der Waals surface area contributed by atoms with Crippen LogP contribution in [0.4, 0.5) is 8.78 Å². The summed E-state index contributed by atoms with van der Waals surface area (Å²) in [6.07, 6.45) is 1.19. The van der Waals surface area contributed by atoms with Crippen LogP contribution in [0.2, 0.25) is 0 Å². The van der Waals surface area contributed by atoms with Gasteiger partial charge in [0.15, 0.2) is 0 Å². The molecule has 136 valence electrons. The Morgan fingerprint density at radius 3 is 2.35 bits per heavy atom. The number of nitrogens with zero attached hydrogens (tertiary/aromatic N) is 2. The Bertz CT molecular complexity index is 1000. The van der Waals surface area contributed by atoms with Crippen LogP contribution in [-0.2, 0) is 10.0 Å². The zero-order chi connectivity index (χ0) is 18.3. The number of hydrogen-bond acceptors (Lipinski definition) is 3. The van der Waals surface area contributed by atoms with Crippen molar-refractivity contribution in [1.82, 2.24) is 14.3 Å². The van der Waals surface area contributed by atoms with E-state index < -0.39 is 21.7 Å². The predicted octanol–water partition coefficient (Wildman–Crippen LogP) is 3.41. The van der Waals surface area contributed by atoms with Crippen LogP contribution < -0.4 is 0 Å². The third-order valence-electron chi connectivity index (χ3n) is 4.72. The number of benzene rings is 2. The Labute approximate surface area is 149 Å². The largest absolute Gasteiger partial charge is 0.342 e. The Morgan fingerprint density at radius 2 is 1.69 bits per heavy atom. The van der Waals surface area contributed by atoms with E-state index in [-0.39, 0.29) is 23.9 Å². The highest BCUT2D eigenvalue weighted by molar-refractivity contribution is 7.89. The molecular formula is C18H17F2N3O2S. The topological polar surface area (TPSA) is 66.1 Å². The van der Waals surface area contributed by atoms with E-state index in [9.17, 15) is 17.2 Å². The minimum absolute atomic E-state index is 0.123. The molecule has 1 saturated heterocycles. The molecule has 26 heavy (non-hydrogen) atoms. The molecule has 2 aromatic carbocycles. The SMILES string of the molecule is O=S(=O)(c1cc(F)cc(F)c1)N1CCC(c2nc3ccccc3[nH]2)CC1. The number of sulfonamides is 1. The average molecular weight is 377 g/mol. The van der Waals surface area contributed by atoms with Crippen molar-refractivity contribution < 1.29 is 17.2 Å². The van der Waals surface area contributed by atoms with Crippen molar-refractivity contribution in [2.45, 2.75) is 23.7 Å². The van der Waals surface area contributed by atoms with Crippen molar-refractivity contribution >= 4 is 21.1 Å². The predicted molar refractivity (Wildman–Crippen MR) is 93.2 cm³/mol. The van der Waals surface area contributed by atoms with Gasteiger partial charge in [-0.15, -0.1) is 0 Å². The van der Waals surface area contributed by atoms with E-state index in [4.69, 9.17) is 0 Å². The highest BCUT2D eigenvalue weighted by Crippen LogP contribution is 2.30. The number of aromatic amines is 1. The van der Waals surface area contributed by atoms with Crippen LogP contribution >= 0.6 is 0 Å². The summed E-state index contributed by atoms with van der Waals surface area (Å²) >= 11 is 0. The van der Waals surface area contributed by atoms with Gasteiger partial charge in [0.1, 0.15) is 17.5 Å². The molecule has 4 rings (SSSR count). The summed E-state index contributed by atoms with van der Waals surface area (Å²) in [7, 11) is -3.91. The number of H-pyrrole nitrogens is 1. The quantitative estimate of drug-likeness (QED) is 0.761. The van der Waals surface area contributed by atoms with Gasteiger partial charge < -0.3 is 4.98 Å². The Morgan fingerprint density at radius 1 is 1.04 bits per heavy atom. The van der Waals surface area contributed by atoms with E-state index in [1.165, 1.54) is 4.31 Å². The number of imidazole rings is 1. The second kappa shape index (κ2) is 6.44. The van der Waals surface area contributed by atoms with Crippen LogP contribution in [0, 0.1) is 11.6 Å². The van der Waals surface area contributed by atoms with E-state index in [0.717, 1.165) is 29.0 Å². The van der Waals surface area contributed by atoms with Gasteiger partial charge in [0.2, 0.25) is 10.0 Å². The molecule has 1 N–H and O–H groups in total. The number of para-hydroxylation sites is 2. The maximum atomic E-state index is 13.4. The van der Waals surface area contributed by atoms with Gasteiger partial charge in [-0.2, -0.15) is 4.31 Å². The zero-order valence-corrected chi connectivity index (χ0v) is 14.6. The van der Waals surface area contributed by atoms with Gasteiger partial charge in [-0.25, -0.2) is 22.2 Å². The van der Waals surface area contributed by atoms with Crippen molar-refractivity contribution in [3.63, 3.8) is 0 Å². The summed E-state index contributed by atoms with van der Waals surface area (Å²) < 4.78 is 53.3. The van der Waals surface area contributed by atoms with Crippen LogP contribution in [0.3, 0.4) is 0 Å². The third-order valence-corrected chi connectivity index (χ3v) is 6.60. The third kappa shape index (κ3) is 3.10. The van der Waals surface area contributed by atoms with Gasteiger partial charge in [-0.05, 0) is 37.1 Å². The Balaban J connectivity index is 1.52. The lowest BCUT2D eigenvalue weighted by atomic mass is 9.97. The van der Waals surface area contributed by atoms with E-state index in [0.29, 0.717) is 18.9 Å². The smallest absolute Gasteiger partial charge is 0.243 e. The number of halogens is 2. The fraction of sp³-hybridized carbons (Fsp3) is 0.278. The number of rotatable bonds is 3. The molecular weight excluding hydrogens is 360 g/mol. The molecule has 0 atom stereocenters. The molecule has 1 aliphatic heterocycles. The highest BCUT2D eigenvalue weighted by atomic mass is 32.2. The van der Waals surface area contributed by atoms with Gasteiger partial charge in [-0.1, -0.05) is 12.1 Å². The lowest BCUT2D eigenvalue weighted by Gasteiger charge is -2.30. The molecule has 0 radical (unpaired) electrons. The van der Waals surface area contributed by atoms with Crippen LogP contribution in [0.1, 0.15) is 24.6 Å². The number of hydrogen-bond donors (Lipinski definition) is 1. The molecule has 0 unspecified atom stereocenters. The van der Waals surface area contributed by atoms with Crippen LogP contribution in [-0.4, -0.2) is 35.8 Å². The number of aromatic nitrogens is 2. The minimum atomic E-state index is -3.91. The van der Waals surface area contributed by atoms with Crippen molar-refractivity contribution in [2.75, 3.05) is 13.1 Å². The van der Waals surface area contributed by atoms with Crippen molar-refractivity contribution in [3.8, 4) is 0 Å². The summed E-state index contributed by atoms with van der Waals surface area (Å²) in [6, 6.07) is 10.1. The summed E-state index contributed by atoms with van der Waals surface area (Å²) in [6.45, 7) is 0.560. The fourth-order valence-corrected chi connectivity index (χ4v) is 4.87. The van der Waals surface area contributed by atoms with Gasteiger partial charge >= 0.3 is 0 Å². The first-order chi connectivity index (χ1) is 12.4. The number of fused-ring (bicyclic) bond motifs is 1. The molecule has 0 aliphatic carbocycles. The van der Waals surface area contributed by atoms with E-state index in [1.807, 2.05) is 24.3 Å². The molecule has 0 bridgehead atoms. The molecule has 8 heteroatoms. The number of piperidine rings is 1. The Kier molecular flexibility index (Phi) is 4.24. The maximum Gasteiger partial charge on any atom is 0.243 e. The maximum absolute atomic E-state index is 13.4. The van der Waals surface area contributed by atoms with Crippen molar-refractivity contribution in [2.24, 2.45) is 0 Å². The summed E-state index contributed by atoms with van der Waals surface area (Å²) in [5, 5.41) is 0. The lowest BCUT2D eigenvalue weighted by molar-refractivity contribution is 0.314. The van der Waals surface area contributed by atoms with Crippen LogP contribution in [0.25, 0.3) is 11.0 Å². The zero-order valence-electron chi connectivity index (χ0n) is 13.8. The molecule has 1 aliphatic rings. The number of nitrogens with one attached hydrogen (secondary N) is 1. The second-order valence-corrected chi connectivity index (χ2v) is 8.36. The van der Waals surface area contributed by atoms with Crippen LogP contribution in [0.15, 0.2) is 47.4 Å². The molecule has 1 fully saturated rings. The summed E-state index contributed by atoms with van der Waals surface area (Å²) in [5.74, 6) is -0.834. The monoisotopic (exact) mass is 377 g/mol. The molecule has 3 aromatic rings. The molecule has 0 spiro atoms. The first-order valence-electron chi connectivity index (χ1n) is 8.34. The first kappa shape index (κ1) is 17.1. The molecule has 5 nitrogen and oxygen atoms in total.